The smallest absolute Gasteiger partial charge is 0.291 e. The van der Waals surface area contributed by atoms with E-state index in [0.29, 0.717) is 15.3 Å². The Morgan fingerprint density at radius 1 is 1.18 bits per heavy atom. The monoisotopic (exact) mass is 392 g/mol. The number of unbranched alkanes of at least 4 members (excludes halogenated alkanes) is 2. The fourth-order valence-corrected chi connectivity index (χ4v) is 3.71. The van der Waals surface area contributed by atoms with Gasteiger partial charge in [0, 0.05) is 18.0 Å². The molecular formula is C21H20N4O2S. The predicted molar refractivity (Wildman–Crippen MR) is 111 cm³/mol. The number of hydrogen-bond acceptors (Lipinski definition) is 6. The van der Waals surface area contributed by atoms with E-state index in [9.17, 15) is 4.79 Å². The summed E-state index contributed by atoms with van der Waals surface area (Å²) in [5.74, 6) is 1.35. The molecule has 28 heavy (non-hydrogen) atoms. The van der Waals surface area contributed by atoms with Crippen molar-refractivity contribution in [2.24, 2.45) is 0 Å². The van der Waals surface area contributed by atoms with Crippen LogP contribution in [0.5, 0.6) is 5.75 Å². The normalized spacial score (nSPS) is 12.0. The molecule has 142 valence electrons. The number of thiazole rings is 1. The highest BCUT2D eigenvalue weighted by Crippen LogP contribution is 2.16. The highest BCUT2D eigenvalue weighted by Gasteiger charge is 2.11. The van der Waals surface area contributed by atoms with Gasteiger partial charge in [-0.25, -0.2) is 0 Å². The van der Waals surface area contributed by atoms with Gasteiger partial charge in [0.15, 0.2) is 5.82 Å². The summed E-state index contributed by atoms with van der Waals surface area (Å²) in [5, 5.41) is 4.33. The molecule has 0 amide bonds. The van der Waals surface area contributed by atoms with Crippen LogP contribution in [0.3, 0.4) is 0 Å². The maximum Gasteiger partial charge on any atom is 0.291 e. The Morgan fingerprint density at radius 3 is 2.75 bits per heavy atom. The summed E-state index contributed by atoms with van der Waals surface area (Å²) < 4.78 is 7.68. The minimum atomic E-state index is -0.164. The molecule has 6 nitrogen and oxygen atoms in total. The molecule has 0 saturated heterocycles. The Labute approximate surface area is 166 Å². The molecular weight excluding hydrogens is 372 g/mol. The van der Waals surface area contributed by atoms with E-state index in [0.717, 1.165) is 29.9 Å². The maximum atomic E-state index is 12.6. The Bertz CT molecular complexity index is 1170. The molecule has 0 spiro atoms. The van der Waals surface area contributed by atoms with Crippen LogP contribution in [0.4, 0.5) is 0 Å². The molecule has 0 bridgehead atoms. The zero-order valence-corrected chi connectivity index (χ0v) is 16.4. The van der Waals surface area contributed by atoms with E-state index in [1.807, 2.05) is 42.5 Å². The van der Waals surface area contributed by atoms with Gasteiger partial charge >= 0.3 is 0 Å². The Morgan fingerprint density at radius 2 is 2.04 bits per heavy atom. The SMILES string of the molecule is CCCCCOc1ccc(/C=c2/sc3nc(-c4cccnc4)nn3c2=O)cc1. The largest absolute Gasteiger partial charge is 0.494 e. The van der Waals surface area contributed by atoms with E-state index in [-0.39, 0.29) is 5.56 Å². The van der Waals surface area contributed by atoms with Gasteiger partial charge in [-0.2, -0.15) is 9.50 Å². The standard InChI is InChI=1S/C21H20N4O2S/c1-2-3-4-12-27-17-9-7-15(8-10-17)13-18-20(26)25-21(28-18)23-19(24-25)16-6-5-11-22-14-16/h5-11,13-14H,2-4,12H2,1H3/b18-13+. The van der Waals surface area contributed by atoms with Gasteiger partial charge in [-0.15, -0.1) is 5.10 Å². The summed E-state index contributed by atoms with van der Waals surface area (Å²) in [4.78, 5) is 21.7. The number of fused-ring (bicyclic) bond motifs is 1. The summed E-state index contributed by atoms with van der Waals surface area (Å²) in [5.41, 5.74) is 1.57. The van der Waals surface area contributed by atoms with Gasteiger partial charge in [-0.3, -0.25) is 9.78 Å². The van der Waals surface area contributed by atoms with E-state index in [1.165, 1.54) is 28.7 Å². The first kappa shape index (κ1) is 18.3. The summed E-state index contributed by atoms with van der Waals surface area (Å²) in [6.45, 7) is 2.90. The van der Waals surface area contributed by atoms with Gasteiger partial charge in [-0.05, 0) is 42.3 Å². The van der Waals surface area contributed by atoms with Gasteiger partial charge in [0.2, 0.25) is 4.96 Å². The molecule has 4 rings (SSSR count). The average molecular weight is 392 g/mol. The quantitative estimate of drug-likeness (QED) is 0.451. The van der Waals surface area contributed by atoms with Crippen LogP contribution in [0.1, 0.15) is 31.7 Å². The minimum absolute atomic E-state index is 0.164. The van der Waals surface area contributed by atoms with Crippen molar-refractivity contribution in [3.8, 4) is 17.1 Å². The van der Waals surface area contributed by atoms with Crippen LogP contribution in [0.15, 0.2) is 53.6 Å². The molecule has 0 saturated carbocycles. The van der Waals surface area contributed by atoms with Crippen LogP contribution >= 0.6 is 11.3 Å². The molecule has 0 atom stereocenters. The first-order valence-electron chi connectivity index (χ1n) is 9.29. The van der Waals surface area contributed by atoms with Crippen LogP contribution in [-0.2, 0) is 0 Å². The minimum Gasteiger partial charge on any atom is -0.494 e. The van der Waals surface area contributed by atoms with E-state index >= 15 is 0 Å². The summed E-state index contributed by atoms with van der Waals surface area (Å²) in [7, 11) is 0. The lowest BCUT2D eigenvalue weighted by Gasteiger charge is -2.05. The number of nitrogens with zero attached hydrogens (tertiary/aromatic N) is 4. The van der Waals surface area contributed by atoms with Gasteiger partial charge < -0.3 is 4.74 Å². The highest BCUT2D eigenvalue weighted by molar-refractivity contribution is 7.15. The molecule has 0 aliphatic rings. The fourth-order valence-electron chi connectivity index (χ4n) is 2.80. The maximum absolute atomic E-state index is 12.6. The van der Waals surface area contributed by atoms with E-state index in [2.05, 4.69) is 22.0 Å². The molecule has 3 aromatic heterocycles. The molecule has 0 unspecified atom stereocenters. The van der Waals surface area contributed by atoms with Crippen molar-refractivity contribution in [1.82, 2.24) is 19.6 Å². The van der Waals surface area contributed by atoms with Crippen molar-refractivity contribution < 1.29 is 4.74 Å². The van der Waals surface area contributed by atoms with Gasteiger partial charge in [0.25, 0.3) is 5.56 Å². The first-order chi connectivity index (χ1) is 13.7. The summed E-state index contributed by atoms with van der Waals surface area (Å²) in [6.07, 6.45) is 8.64. The molecule has 0 radical (unpaired) electrons. The lowest BCUT2D eigenvalue weighted by molar-refractivity contribution is 0.306. The zero-order chi connectivity index (χ0) is 19.3. The van der Waals surface area contributed by atoms with Crippen LogP contribution in [0, 0.1) is 0 Å². The van der Waals surface area contributed by atoms with Crippen molar-refractivity contribution in [3.05, 3.63) is 69.2 Å². The lowest BCUT2D eigenvalue weighted by Crippen LogP contribution is -2.23. The number of hydrogen-bond donors (Lipinski definition) is 0. The van der Waals surface area contributed by atoms with E-state index < -0.39 is 0 Å². The van der Waals surface area contributed by atoms with Crippen molar-refractivity contribution in [2.45, 2.75) is 26.2 Å². The number of benzene rings is 1. The van der Waals surface area contributed by atoms with Crippen LogP contribution < -0.4 is 14.8 Å². The van der Waals surface area contributed by atoms with Crippen LogP contribution in [0.2, 0.25) is 0 Å². The fraction of sp³-hybridized carbons (Fsp3) is 0.238. The second kappa shape index (κ2) is 8.31. The average Bonchev–Trinajstić information content (AvgIpc) is 3.27. The summed E-state index contributed by atoms with van der Waals surface area (Å²) in [6, 6.07) is 11.4. The highest BCUT2D eigenvalue weighted by atomic mass is 32.1. The number of aromatic nitrogens is 4. The number of pyridine rings is 1. The van der Waals surface area contributed by atoms with Crippen molar-refractivity contribution in [3.63, 3.8) is 0 Å². The molecule has 7 heteroatoms. The van der Waals surface area contributed by atoms with Gasteiger partial charge in [-0.1, -0.05) is 43.2 Å². The van der Waals surface area contributed by atoms with Crippen molar-refractivity contribution >= 4 is 22.4 Å². The molecule has 0 aliphatic carbocycles. The second-order valence-electron chi connectivity index (χ2n) is 6.41. The molecule has 0 N–H and O–H groups in total. The molecule has 3 heterocycles. The summed E-state index contributed by atoms with van der Waals surface area (Å²) >= 11 is 1.33. The Hall–Kier alpha value is -3.06. The number of ether oxygens (including phenoxy) is 1. The molecule has 1 aromatic carbocycles. The second-order valence-corrected chi connectivity index (χ2v) is 7.42. The van der Waals surface area contributed by atoms with Crippen LogP contribution in [0.25, 0.3) is 22.4 Å². The molecule has 4 aromatic rings. The van der Waals surface area contributed by atoms with Gasteiger partial charge in [0.1, 0.15) is 5.75 Å². The van der Waals surface area contributed by atoms with Crippen molar-refractivity contribution in [2.75, 3.05) is 6.61 Å². The number of rotatable bonds is 7. The predicted octanol–water partition coefficient (Wildman–Crippen LogP) is 3.33. The lowest BCUT2D eigenvalue weighted by atomic mass is 10.2. The Kier molecular flexibility index (Phi) is 5.43. The van der Waals surface area contributed by atoms with E-state index in [1.54, 1.807) is 12.4 Å². The Balaban J connectivity index is 1.55. The van der Waals surface area contributed by atoms with E-state index in [4.69, 9.17) is 4.74 Å². The molecule has 0 aliphatic heterocycles. The molecule has 0 fully saturated rings. The third-order valence-electron chi connectivity index (χ3n) is 4.30. The topological polar surface area (TPSA) is 69.4 Å². The van der Waals surface area contributed by atoms with Crippen molar-refractivity contribution in [1.29, 1.82) is 0 Å². The third kappa shape index (κ3) is 3.94. The van der Waals surface area contributed by atoms with Gasteiger partial charge in [0.05, 0.1) is 11.1 Å². The zero-order valence-electron chi connectivity index (χ0n) is 15.5. The third-order valence-corrected chi connectivity index (χ3v) is 5.26. The van der Waals surface area contributed by atoms with Crippen LogP contribution in [-0.4, -0.2) is 26.2 Å². The first-order valence-corrected chi connectivity index (χ1v) is 10.1.